The first kappa shape index (κ1) is 31.1. The first-order chi connectivity index (χ1) is 20.2. The highest BCUT2D eigenvalue weighted by molar-refractivity contribution is 7.92. The Labute approximate surface area is 253 Å². The number of nitrogens with one attached hydrogen (secondary N) is 1. The number of amides is 2. The van der Waals surface area contributed by atoms with E-state index in [1.54, 1.807) is 30.3 Å². The highest BCUT2D eigenvalue weighted by atomic mass is 35.5. The Morgan fingerprint density at radius 3 is 2.26 bits per heavy atom. The van der Waals surface area contributed by atoms with Crippen LogP contribution in [0, 0.1) is 0 Å². The second-order valence-electron chi connectivity index (χ2n) is 10.2. The predicted molar refractivity (Wildman–Crippen MR) is 170 cm³/mol. The molecule has 0 saturated heterocycles. The third kappa shape index (κ3) is 7.89. The van der Waals surface area contributed by atoms with Gasteiger partial charge in [-0.1, -0.05) is 110 Å². The molecule has 4 aromatic rings. The molecule has 0 fully saturated rings. The Balaban J connectivity index is 1.77. The van der Waals surface area contributed by atoms with E-state index in [1.807, 2.05) is 73.7 Å². The van der Waals surface area contributed by atoms with Gasteiger partial charge in [0.15, 0.2) is 0 Å². The van der Waals surface area contributed by atoms with Gasteiger partial charge in [0.05, 0.1) is 11.9 Å². The van der Waals surface area contributed by atoms with E-state index in [2.05, 4.69) is 5.32 Å². The smallest absolute Gasteiger partial charge is 0.244 e. The van der Waals surface area contributed by atoms with Crippen LogP contribution in [-0.2, 0) is 32.6 Å². The monoisotopic (exact) mass is 605 g/mol. The van der Waals surface area contributed by atoms with E-state index in [0.717, 1.165) is 34.4 Å². The van der Waals surface area contributed by atoms with Gasteiger partial charge in [0.1, 0.15) is 12.6 Å². The number of unbranched alkanes of at least 4 members (excludes halogenated alkanes) is 1. The average molecular weight is 606 g/mol. The number of hydrogen-bond acceptors (Lipinski definition) is 4. The summed E-state index contributed by atoms with van der Waals surface area (Å²) in [5, 5.41) is 4.99. The zero-order valence-electron chi connectivity index (χ0n) is 23.9. The second-order valence-corrected chi connectivity index (χ2v) is 12.5. The van der Waals surface area contributed by atoms with E-state index in [9.17, 15) is 18.0 Å². The maximum Gasteiger partial charge on any atom is 0.244 e. The standard InChI is InChI=1S/C33H36ClN3O4S/c1-3-4-21-35-33(39)31(22-25-13-6-5-7-14-25)36(23-27-16-9-11-19-29(27)34)32(38)24-37(42(2,40)41)30-20-12-17-26-15-8-10-18-28(26)30/h5-20,31H,3-4,21-24H2,1-2H3,(H,35,39)/t31-/m1/s1. The summed E-state index contributed by atoms with van der Waals surface area (Å²) in [6.45, 7) is 2.06. The molecule has 0 aliphatic carbocycles. The molecule has 0 unspecified atom stereocenters. The minimum atomic E-state index is -3.88. The van der Waals surface area contributed by atoms with Gasteiger partial charge in [-0.15, -0.1) is 0 Å². The third-order valence-corrected chi connectivity index (χ3v) is 8.61. The summed E-state index contributed by atoms with van der Waals surface area (Å²) in [5.74, 6) is -0.816. The molecule has 1 N–H and O–H groups in total. The summed E-state index contributed by atoms with van der Waals surface area (Å²) < 4.78 is 27.5. The van der Waals surface area contributed by atoms with Crippen molar-refractivity contribution in [1.29, 1.82) is 0 Å². The van der Waals surface area contributed by atoms with Crippen molar-refractivity contribution < 1.29 is 18.0 Å². The van der Waals surface area contributed by atoms with Gasteiger partial charge in [0.2, 0.25) is 21.8 Å². The minimum absolute atomic E-state index is 0.0321. The summed E-state index contributed by atoms with van der Waals surface area (Å²) in [6, 6.07) is 28.5. The maximum absolute atomic E-state index is 14.3. The number of hydrogen-bond donors (Lipinski definition) is 1. The summed E-state index contributed by atoms with van der Waals surface area (Å²) in [4.78, 5) is 29.4. The molecule has 9 heteroatoms. The van der Waals surface area contributed by atoms with Crippen molar-refractivity contribution in [2.45, 2.75) is 38.8 Å². The summed E-state index contributed by atoms with van der Waals surface area (Å²) in [7, 11) is -3.88. The van der Waals surface area contributed by atoms with Crippen LogP contribution in [0.4, 0.5) is 5.69 Å². The van der Waals surface area contributed by atoms with Crippen LogP contribution in [0.2, 0.25) is 5.02 Å². The second kappa shape index (κ2) is 14.3. The molecule has 4 aromatic carbocycles. The molecular weight excluding hydrogens is 570 g/mol. The van der Waals surface area contributed by atoms with Gasteiger partial charge in [-0.2, -0.15) is 0 Å². The fourth-order valence-corrected chi connectivity index (χ4v) is 5.95. The van der Waals surface area contributed by atoms with Crippen LogP contribution in [0.1, 0.15) is 30.9 Å². The molecular formula is C33H36ClN3O4S. The summed E-state index contributed by atoms with van der Waals surface area (Å²) in [6.07, 6.45) is 3.03. The van der Waals surface area contributed by atoms with Gasteiger partial charge in [0, 0.05) is 29.9 Å². The quantitative estimate of drug-likeness (QED) is 0.195. The fourth-order valence-electron chi connectivity index (χ4n) is 4.89. The molecule has 0 bridgehead atoms. The fraction of sp³-hybridized carbons (Fsp3) is 0.273. The minimum Gasteiger partial charge on any atom is -0.354 e. The molecule has 0 aromatic heterocycles. The van der Waals surface area contributed by atoms with Crippen LogP contribution in [0.15, 0.2) is 97.1 Å². The van der Waals surface area contributed by atoms with Crippen LogP contribution in [0.5, 0.6) is 0 Å². The van der Waals surface area contributed by atoms with Crippen LogP contribution in [-0.4, -0.2) is 50.5 Å². The number of halogens is 1. The normalized spacial score (nSPS) is 12.1. The van der Waals surface area contributed by atoms with Crippen molar-refractivity contribution in [2.24, 2.45) is 0 Å². The number of benzene rings is 4. The van der Waals surface area contributed by atoms with Gasteiger partial charge in [-0.25, -0.2) is 8.42 Å². The molecule has 0 saturated carbocycles. The number of fused-ring (bicyclic) bond motifs is 1. The molecule has 0 aliphatic rings. The molecule has 0 heterocycles. The largest absolute Gasteiger partial charge is 0.354 e. The van der Waals surface area contributed by atoms with Gasteiger partial charge in [0.25, 0.3) is 0 Å². The van der Waals surface area contributed by atoms with Crippen LogP contribution in [0.25, 0.3) is 10.8 Å². The van der Waals surface area contributed by atoms with E-state index in [4.69, 9.17) is 11.6 Å². The van der Waals surface area contributed by atoms with Gasteiger partial charge < -0.3 is 10.2 Å². The number of carbonyl (C=O) groups is 2. The molecule has 42 heavy (non-hydrogen) atoms. The number of anilines is 1. The Morgan fingerprint density at radius 1 is 0.881 bits per heavy atom. The molecule has 7 nitrogen and oxygen atoms in total. The lowest BCUT2D eigenvalue weighted by Crippen LogP contribution is -2.53. The zero-order valence-corrected chi connectivity index (χ0v) is 25.4. The van der Waals surface area contributed by atoms with Crippen molar-refractivity contribution in [2.75, 3.05) is 23.7 Å². The average Bonchev–Trinajstić information content (AvgIpc) is 2.98. The summed E-state index contributed by atoms with van der Waals surface area (Å²) >= 11 is 6.51. The SMILES string of the molecule is CCCCNC(=O)[C@@H](Cc1ccccc1)N(Cc1ccccc1Cl)C(=O)CN(c1cccc2ccccc12)S(C)(=O)=O. The third-order valence-electron chi connectivity index (χ3n) is 7.11. The van der Waals surface area contributed by atoms with Crippen LogP contribution >= 0.6 is 11.6 Å². The van der Waals surface area contributed by atoms with E-state index in [-0.39, 0.29) is 18.9 Å². The lowest BCUT2D eigenvalue weighted by Gasteiger charge is -2.34. The van der Waals surface area contributed by atoms with Crippen molar-refractivity contribution >= 4 is 49.9 Å². The van der Waals surface area contributed by atoms with Gasteiger partial charge >= 0.3 is 0 Å². The lowest BCUT2D eigenvalue weighted by atomic mass is 10.0. The first-order valence-corrected chi connectivity index (χ1v) is 16.2. The van der Waals surface area contributed by atoms with E-state index < -0.39 is 28.5 Å². The topological polar surface area (TPSA) is 86.8 Å². The molecule has 0 radical (unpaired) electrons. The van der Waals surface area contributed by atoms with Crippen molar-refractivity contribution in [1.82, 2.24) is 10.2 Å². The first-order valence-electron chi connectivity index (χ1n) is 14.0. The van der Waals surface area contributed by atoms with E-state index >= 15 is 0 Å². The number of rotatable bonds is 13. The number of carbonyl (C=O) groups excluding carboxylic acids is 2. The van der Waals surface area contributed by atoms with Crippen molar-refractivity contribution in [3.05, 3.63) is 113 Å². The zero-order chi connectivity index (χ0) is 30.1. The van der Waals surface area contributed by atoms with Crippen molar-refractivity contribution in [3.63, 3.8) is 0 Å². The van der Waals surface area contributed by atoms with Crippen LogP contribution in [0.3, 0.4) is 0 Å². The molecule has 1 atom stereocenters. The molecule has 220 valence electrons. The molecule has 2 amide bonds. The Bertz CT molecular complexity index is 1620. The van der Waals surface area contributed by atoms with E-state index in [0.29, 0.717) is 28.2 Å². The number of nitrogens with zero attached hydrogens (tertiary/aromatic N) is 2. The Kier molecular flexibility index (Phi) is 10.6. The molecule has 0 aliphatic heterocycles. The molecule has 4 rings (SSSR count). The van der Waals surface area contributed by atoms with Crippen molar-refractivity contribution in [3.8, 4) is 0 Å². The highest BCUT2D eigenvalue weighted by Crippen LogP contribution is 2.29. The highest BCUT2D eigenvalue weighted by Gasteiger charge is 2.33. The summed E-state index contributed by atoms with van der Waals surface area (Å²) in [5.41, 5.74) is 1.93. The van der Waals surface area contributed by atoms with Crippen LogP contribution < -0.4 is 9.62 Å². The number of sulfonamides is 1. The van der Waals surface area contributed by atoms with E-state index in [1.165, 1.54) is 4.90 Å². The Morgan fingerprint density at radius 2 is 1.55 bits per heavy atom. The van der Waals surface area contributed by atoms with Gasteiger partial charge in [-0.3, -0.25) is 13.9 Å². The maximum atomic E-state index is 14.3. The molecule has 0 spiro atoms. The van der Waals surface area contributed by atoms with Gasteiger partial charge in [-0.05, 0) is 35.1 Å². The predicted octanol–water partition coefficient (Wildman–Crippen LogP) is 5.82. The Hall–Kier alpha value is -3.88. The lowest BCUT2D eigenvalue weighted by molar-refractivity contribution is -0.140.